The highest BCUT2D eigenvalue weighted by atomic mass is 16.5. The first-order valence-electron chi connectivity index (χ1n) is 5.75. The molecule has 1 aromatic heterocycles. The van der Waals surface area contributed by atoms with E-state index in [0.717, 1.165) is 0 Å². The third kappa shape index (κ3) is 2.67. The van der Waals surface area contributed by atoms with Crippen LogP contribution in [0.3, 0.4) is 0 Å². The Morgan fingerprint density at radius 3 is 2.90 bits per heavy atom. The van der Waals surface area contributed by atoms with Crippen molar-refractivity contribution in [3.8, 4) is 11.9 Å². The zero-order chi connectivity index (χ0) is 14.5. The van der Waals surface area contributed by atoms with Crippen LogP contribution in [-0.4, -0.2) is 18.0 Å². The maximum atomic E-state index is 12.1. The van der Waals surface area contributed by atoms with E-state index >= 15 is 0 Å². The monoisotopic (exact) mass is 268 g/mol. The lowest BCUT2D eigenvalue weighted by Crippen LogP contribution is -2.14. The van der Waals surface area contributed by atoms with E-state index in [2.05, 4.69) is 10.3 Å². The number of nitrogens with zero attached hydrogens (tertiary/aromatic N) is 2. The van der Waals surface area contributed by atoms with Crippen LogP contribution in [0.5, 0.6) is 5.88 Å². The van der Waals surface area contributed by atoms with Gasteiger partial charge in [0.25, 0.3) is 5.91 Å². The Hall–Kier alpha value is -3.07. The van der Waals surface area contributed by atoms with Crippen molar-refractivity contribution in [2.45, 2.75) is 0 Å². The molecule has 6 heteroatoms. The predicted molar refractivity (Wildman–Crippen MR) is 74.3 cm³/mol. The molecular weight excluding hydrogens is 256 g/mol. The molecule has 0 spiro atoms. The first-order chi connectivity index (χ1) is 9.65. The summed E-state index contributed by atoms with van der Waals surface area (Å²) < 4.78 is 5.02. The van der Waals surface area contributed by atoms with Crippen molar-refractivity contribution in [3.63, 3.8) is 0 Å². The van der Waals surface area contributed by atoms with Crippen molar-refractivity contribution in [3.05, 3.63) is 47.7 Å². The average Bonchev–Trinajstić information content (AvgIpc) is 2.49. The number of nitrogens with two attached hydrogens (primary N) is 1. The first-order valence-corrected chi connectivity index (χ1v) is 5.75. The van der Waals surface area contributed by atoms with Gasteiger partial charge in [-0.1, -0.05) is 0 Å². The molecule has 0 aliphatic carbocycles. The zero-order valence-electron chi connectivity index (χ0n) is 10.8. The Morgan fingerprint density at radius 1 is 1.45 bits per heavy atom. The molecule has 0 bridgehead atoms. The van der Waals surface area contributed by atoms with Gasteiger partial charge >= 0.3 is 0 Å². The van der Waals surface area contributed by atoms with E-state index in [1.807, 2.05) is 6.07 Å². The summed E-state index contributed by atoms with van der Waals surface area (Å²) in [6.45, 7) is 0. The number of rotatable bonds is 3. The minimum Gasteiger partial charge on any atom is -0.480 e. The number of aromatic nitrogens is 1. The van der Waals surface area contributed by atoms with E-state index in [-0.39, 0.29) is 11.8 Å². The molecule has 1 heterocycles. The lowest BCUT2D eigenvalue weighted by Gasteiger charge is -2.10. The number of hydrogen-bond acceptors (Lipinski definition) is 5. The molecule has 6 nitrogen and oxygen atoms in total. The largest absolute Gasteiger partial charge is 0.480 e. The lowest BCUT2D eigenvalue weighted by atomic mass is 10.1. The van der Waals surface area contributed by atoms with Crippen LogP contribution >= 0.6 is 0 Å². The summed E-state index contributed by atoms with van der Waals surface area (Å²) in [4.78, 5) is 16.1. The number of ether oxygens (including phenoxy) is 1. The smallest absolute Gasteiger partial charge is 0.261 e. The minimum absolute atomic E-state index is 0.234. The summed E-state index contributed by atoms with van der Waals surface area (Å²) in [5.41, 5.74) is 7.27. The summed E-state index contributed by atoms with van der Waals surface area (Å²) in [5, 5.41) is 11.4. The van der Waals surface area contributed by atoms with Crippen molar-refractivity contribution in [1.29, 1.82) is 5.26 Å². The summed E-state index contributed by atoms with van der Waals surface area (Å²) in [6, 6.07) is 9.86. The molecule has 0 radical (unpaired) electrons. The van der Waals surface area contributed by atoms with E-state index in [1.165, 1.54) is 19.4 Å². The molecule has 0 aliphatic heterocycles. The topological polar surface area (TPSA) is 101 Å². The molecule has 0 unspecified atom stereocenters. The van der Waals surface area contributed by atoms with E-state index in [4.69, 9.17) is 15.7 Å². The fraction of sp³-hybridized carbons (Fsp3) is 0.0714. The number of anilines is 2. The molecule has 3 N–H and O–H groups in total. The summed E-state index contributed by atoms with van der Waals surface area (Å²) in [7, 11) is 1.44. The van der Waals surface area contributed by atoms with Crippen molar-refractivity contribution >= 4 is 17.3 Å². The highest BCUT2D eigenvalue weighted by molar-refractivity contribution is 6.07. The van der Waals surface area contributed by atoms with Gasteiger partial charge in [-0.3, -0.25) is 4.79 Å². The van der Waals surface area contributed by atoms with E-state index in [1.54, 1.807) is 24.3 Å². The number of nitrogens with one attached hydrogen (secondary N) is 1. The second-order valence-corrected chi connectivity index (χ2v) is 3.93. The Balaban J connectivity index is 2.26. The number of benzene rings is 1. The van der Waals surface area contributed by atoms with Gasteiger partial charge in [0, 0.05) is 6.20 Å². The molecule has 0 aliphatic rings. The number of carbonyl (C=O) groups is 1. The summed E-state index contributed by atoms with van der Waals surface area (Å²) in [6.07, 6.45) is 1.53. The number of amides is 1. The highest BCUT2D eigenvalue weighted by Gasteiger charge is 2.14. The van der Waals surface area contributed by atoms with Gasteiger partial charge in [0.2, 0.25) is 5.88 Å². The number of nitriles is 1. The third-order valence-electron chi connectivity index (χ3n) is 2.64. The molecule has 0 atom stereocenters. The molecule has 100 valence electrons. The summed E-state index contributed by atoms with van der Waals surface area (Å²) in [5.74, 6) is -0.149. The summed E-state index contributed by atoms with van der Waals surface area (Å²) >= 11 is 0. The number of hydrogen-bond donors (Lipinski definition) is 2. The van der Waals surface area contributed by atoms with Crippen LogP contribution in [0.25, 0.3) is 0 Å². The van der Waals surface area contributed by atoms with Gasteiger partial charge in [-0.05, 0) is 30.3 Å². The van der Waals surface area contributed by atoms with E-state index in [9.17, 15) is 4.79 Å². The van der Waals surface area contributed by atoms with Gasteiger partial charge in [-0.15, -0.1) is 0 Å². The van der Waals surface area contributed by atoms with Crippen molar-refractivity contribution in [1.82, 2.24) is 4.98 Å². The van der Waals surface area contributed by atoms with Gasteiger partial charge in [-0.2, -0.15) is 5.26 Å². The standard InChI is InChI=1S/C14H12N4O2/c1-20-14-10(3-2-6-17-14)13(19)18-12-5-4-9(8-15)7-11(12)16/h2-7H,16H2,1H3,(H,18,19). The van der Waals surface area contributed by atoms with Crippen LogP contribution in [0.1, 0.15) is 15.9 Å². The van der Waals surface area contributed by atoms with Gasteiger partial charge in [0.1, 0.15) is 5.56 Å². The molecule has 20 heavy (non-hydrogen) atoms. The molecule has 2 aromatic rings. The fourth-order valence-electron chi connectivity index (χ4n) is 1.66. The molecule has 1 amide bonds. The number of pyridine rings is 1. The van der Waals surface area contributed by atoms with Crippen molar-refractivity contribution < 1.29 is 9.53 Å². The molecule has 0 saturated heterocycles. The van der Waals surface area contributed by atoms with Gasteiger partial charge < -0.3 is 15.8 Å². The van der Waals surface area contributed by atoms with Gasteiger partial charge in [0.05, 0.1) is 30.1 Å². The average molecular weight is 268 g/mol. The molecule has 0 fully saturated rings. The predicted octanol–water partition coefficient (Wildman–Crippen LogP) is 1.80. The Kier molecular flexibility index (Phi) is 3.82. The molecule has 2 rings (SSSR count). The van der Waals surface area contributed by atoms with Gasteiger partial charge in [-0.25, -0.2) is 4.98 Å². The van der Waals surface area contributed by atoms with Crippen LogP contribution in [0.15, 0.2) is 36.5 Å². The van der Waals surface area contributed by atoms with Crippen molar-refractivity contribution in [2.75, 3.05) is 18.2 Å². The quantitative estimate of drug-likeness (QED) is 0.826. The van der Waals surface area contributed by atoms with Gasteiger partial charge in [0.15, 0.2) is 0 Å². The Morgan fingerprint density at radius 2 is 2.25 bits per heavy atom. The zero-order valence-corrected chi connectivity index (χ0v) is 10.8. The second kappa shape index (κ2) is 5.71. The first kappa shape index (κ1) is 13.4. The number of methoxy groups -OCH3 is 1. The SMILES string of the molecule is COc1ncccc1C(=O)Nc1ccc(C#N)cc1N. The van der Waals surface area contributed by atoms with Crippen LogP contribution in [0.2, 0.25) is 0 Å². The fourth-order valence-corrected chi connectivity index (χ4v) is 1.66. The molecular formula is C14H12N4O2. The van der Waals surface area contributed by atoms with Crippen LogP contribution in [-0.2, 0) is 0 Å². The molecule has 1 aromatic carbocycles. The maximum absolute atomic E-state index is 12.1. The maximum Gasteiger partial charge on any atom is 0.261 e. The number of nitrogen functional groups attached to an aromatic ring is 1. The molecule has 0 saturated carbocycles. The Bertz CT molecular complexity index is 692. The number of carbonyl (C=O) groups excluding carboxylic acids is 1. The Labute approximate surface area is 115 Å². The normalized spacial score (nSPS) is 9.60. The third-order valence-corrected chi connectivity index (χ3v) is 2.64. The van der Waals surface area contributed by atoms with Crippen LogP contribution in [0.4, 0.5) is 11.4 Å². The van der Waals surface area contributed by atoms with E-state index < -0.39 is 0 Å². The minimum atomic E-state index is -0.383. The lowest BCUT2D eigenvalue weighted by molar-refractivity contribution is 0.102. The second-order valence-electron chi connectivity index (χ2n) is 3.93. The van der Waals surface area contributed by atoms with Crippen LogP contribution < -0.4 is 15.8 Å². The van der Waals surface area contributed by atoms with E-state index in [0.29, 0.717) is 22.5 Å². The van der Waals surface area contributed by atoms with Crippen LogP contribution in [0, 0.1) is 11.3 Å². The highest BCUT2D eigenvalue weighted by Crippen LogP contribution is 2.22. The van der Waals surface area contributed by atoms with Crippen molar-refractivity contribution in [2.24, 2.45) is 0 Å².